The zero-order chi connectivity index (χ0) is 22.5. The largest absolute Gasteiger partial charge is 0.322 e. The Labute approximate surface area is 194 Å². The number of halogens is 1. The van der Waals surface area contributed by atoms with Crippen molar-refractivity contribution in [2.24, 2.45) is 0 Å². The molecule has 2 heterocycles. The van der Waals surface area contributed by atoms with Crippen molar-refractivity contribution >= 4 is 23.2 Å². The van der Waals surface area contributed by atoms with Crippen molar-refractivity contribution < 1.29 is 4.79 Å². The van der Waals surface area contributed by atoms with Crippen LogP contribution in [0.5, 0.6) is 0 Å². The van der Waals surface area contributed by atoms with Crippen LogP contribution in [-0.4, -0.2) is 38.7 Å². The van der Waals surface area contributed by atoms with Gasteiger partial charge in [0.2, 0.25) is 0 Å². The standard InChI is InChI=1S/C25H30ClN5O/c1-3-30(4-2)17-18-9-11-19(12-10-18)25(32)27-20-13-14-22(26)21(16-20)24-29-28-23-8-6-5-7-15-31(23)24/h9-14,16H,3-8,15,17H2,1-2H3,(H,27,32). The third-order valence-electron chi connectivity index (χ3n) is 6.09. The molecule has 1 aliphatic heterocycles. The van der Waals surface area contributed by atoms with Gasteiger partial charge in [0.15, 0.2) is 5.82 Å². The maximum Gasteiger partial charge on any atom is 0.255 e. The van der Waals surface area contributed by atoms with Gasteiger partial charge < -0.3 is 9.88 Å². The minimum absolute atomic E-state index is 0.146. The first kappa shape index (κ1) is 22.5. The Kier molecular flexibility index (Phi) is 7.22. The molecule has 0 unspecified atom stereocenters. The van der Waals surface area contributed by atoms with Gasteiger partial charge in [-0.2, -0.15) is 0 Å². The van der Waals surface area contributed by atoms with Crippen molar-refractivity contribution in [3.8, 4) is 11.4 Å². The number of carbonyl (C=O) groups excluding carboxylic acids is 1. The molecule has 168 valence electrons. The van der Waals surface area contributed by atoms with Gasteiger partial charge in [-0.05, 0) is 61.8 Å². The number of carbonyl (C=O) groups is 1. The lowest BCUT2D eigenvalue weighted by atomic mass is 10.1. The summed E-state index contributed by atoms with van der Waals surface area (Å²) in [7, 11) is 0. The van der Waals surface area contributed by atoms with Crippen LogP contribution in [-0.2, 0) is 19.5 Å². The molecule has 2 aromatic carbocycles. The van der Waals surface area contributed by atoms with Crippen molar-refractivity contribution in [3.63, 3.8) is 0 Å². The van der Waals surface area contributed by atoms with E-state index in [1.54, 1.807) is 6.07 Å². The third-order valence-corrected chi connectivity index (χ3v) is 6.42. The number of hydrogen-bond acceptors (Lipinski definition) is 4. The van der Waals surface area contributed by atoms with Crippen LogP contribution >= 0.6 is 11.6 Å². The topological polar surface area (TPSA) is 63.1 Å². The third kappa shape index (κ3) is 5.03. The van der Waals surface area contributed by atoms with E-state index in [0.717, 1.165) is 62.7 Å². The highest BCUT2D eigenvalue weighted by Gasteiger charge is 2.19. The second kappa shape index (κ2) is 10.3. The summed E-state index contributed by atoms with van der Waals surface area (Å²) >= 11 is 6.51. The van der Waals surface area contributed by atoms with Gasteiger partial charge in [0.25, 0.3) is 5.91 Å². The molecular formula is C25H30ClN5O. The van der Waals surface area contributed by atoms with Crippen LogP contribution in [0.25, 0.3) is 11.4 Å². The van der Waals surface area contributed by atoms with Crippen LogP contribution in [0.4, 0.5) is 5.69 Å². The van der Waals surface area contributed by atoms with Gasteiger partial charge >= 0.3 is 0 Å². The van der Waals surface area contributed by atoms with Gasteiger partial charge in [-0.3, -0.25) is 9.69 Å². The lowest BCUT2D eigenvalue weighted by Crippen LogP contribution is -2.22. The quantitative estimate of drug-likeness (QED) is 0.521. The lowest BCUT2D eigenvalue weighted by Gasteiger charge is -2.18. The molecule has 1 aliphatic rings. The normalized spacial score (nSPS) is 13.6. The monoisotopic (exact) mass is 451 g/mol. The molecule has 0 radical (unpaired) electrons. The summed E-state index contributed by atoms with van der Waals surface area (Å²) in [6.07, 6.45) is 4.37. The number of aryl methyl sites for hydroxylation is 1. The van der Waals surface area contributed by atoms with Crippen LogP contribution < -0.4 is 5.32 Å². The maximum absolute atomic E-state index is 12.8. The molecule has 0 saturated heterocycles. The summed E-state index contributed by atoms with van der Waals surface area (Å²) < 4.78 is 2.16. The van der Waals surface area contributed by atoms with Gasteiger partial charge in [0, 0.05) is 36.3 Å². The predicted octanol–water partition coefficient (Wildman–Crippen LogP) is 5.42. The van der Waals surface area contributed by atoms with E-state index in [4.69, 9.17) is 11.6 Å². The fraction of sp³-hybridized carbons (Fsp3) is 0.400. The SMILES string of the molecule is CCN(CC)Cc1ccc(C(=O)Nc2ccc(Cl)c(-c3nnc4n3CCCCC4)c2)cc1. The minimum atomic E-state index is -0.146. The highest BCUT2D eigenvalue weighted by atomic mass is 35.5. The molecule has 4 rings (SSSR count). The highest BCUT2D eigenvalue weighted by Crippen LogP contribution is 2.31. The molecule has 0 aliphatic carbocycles. The summed E-state index contributed by atoms with van der Waals surface area (Å²) in [5.41, 5.74) is 3.31. The molecule has 6 nitrogen and oxygen atoms in total. The second-order valence-corrected chi connectivity index (χ2v) is 8.62. The number of nitrogens with zero attached hydrogens (tertiary/aromatic N) is 4. The van der Waals surface area contributed by atoms with E-state index >= 15 is 0 Å². The summed E-state index contributed by atoms with van der Waals surface area (Å²) in [5.74, 6) is 1.63. The summed E-state index contributed by atoms with van der Waals surface area (Å²) in [6.45, 7) is 8.10. The van der Waals surface area contributed by atoms with Crippen molar-refractivity contribution in [3.05, 3.63) is 64.4 Å². The van der Waals surface area contributed by atoms with Crippen LogP contribution in [0.15, 0.2) is 42.5 Å². The molecular weight excluding hydrogens is 422 g/mol. The van der Waals surface area contributed by atoms with Gasteiger partial charge in [0.05, 0.1) is 5.02 Å². The van der Waals surface area contributed by atoms with E-state index in [0.29, 0.717) is 16.3 Å². The fourth-order valence-electron chi connectivity index (χ4n) is 4.13. The zero-order valence-corrected chi connectivity index (χ0v) is 19.5. The summed E-state index contributed by atoms with van der Waals surface area (Å²) in [4.78, 5) is 15.2. The number of nitrogens with one attached hydrogen (secondary N) is 1. The first-order valence-corrected chi connectivity index (χ1v) is 11.8. The van der Waals surface area contributed by atoms with Gasteiger partial charge in [-0.1, -0.05) is 44.0 Å². The molecule has 0 saturated carbocycles. The number of hydrogen-bond donors (Lipinski definition) is 1. The molecule has 1 amide bonds. The van der Waals surface area contributed by atoms with E-state index in [-0.39, 0.29) is 5.91 Å². The summed E-state index contributed by atoms with van der Waals surface area (Å²) in [5, 5.41) is 12.4. The molecule has 1 N–H and O–H groups in total. The predicted molar refractivity (Wildman–Crippen MR) is 129 cm³/mol. The number of amides is 1. The highest BCUT2D eigenvalue weighted by molar-refractivity contribution is 6.33. The number of aromatic nitrogens is 3. The van der Waals surface area contributed by atoms with E-state index in [1.807, 2.05) is 36.4 Å². The Balaban J connectivity index is 1.51. The van der Waals surface area contributed by atoms with Crippen molar-refractivity contribution in [2.45, 2.75) is 52.6 Å². The van der Waals surface area contributed by atoms with E-state index in [9.17, 15) is 4.79 Å². The van der Waals surface area contributed by atoms with Crippen LogP contribution in [0.2, 0.25) is 5.02 Å². The Morgan fingerprint density at radius 3 is 2.59 bits per heavy atom. The van der Waals surface area contributed by atoms with Crippen LogP contribution in [0, 0.1) is 0 Å². The molecule has 32 heavy (non-hydrogen) atoms. The second-order valence-electron chi connectivity index (χ2n) is 8.21. The molecule has 0 fully saturated rings. The Morgan fingerprint density at radius 2 is 1.84 bits per heavy atom. The van der Waals surface area contributed by atoms with Gasteiger partial charge in [-0.15, -0.1) is 10.2 Å². The van der Waals surface area contributed by atoms with Gasteiger partial charge in [-0.25, -0.2) is 0 Å². The number of anilines is 1. The van der Waals surface area contributed by atoms with Crippen molar-refractivity contribution in [1.82, 2.24) is 19.7 Å². The van der Waals surface area contributed by atoms with Gasteiger partial charge in [0.1, 0.15) is 5.82 Å². The minimum Gasteiger partial charge on any atom is -0.322 e. The Hall–Kier alpha value is -2.70. The van der Waals surface area contributed by atoms with Crippen molar-refractivity contribution in [2.75, 3.05) is 18.4 Å². The zero-order valence-electron chi connectivity index (χ0n) is 18.8. The first-order chi connectivity index (χ1) is 15.6. The average Bonchev–Trinajstić information content (AvgIpc) is 3.06. The van der Waals surface area contributed by atoms with Crippen molar-refractivity contribution in [1.29, 1.82) is 0 Å². The molecule has 0 spiro atoms. The van der Waals surface area contributed by atoms with E-state index in [1.165, 1.54) is 12.0 Å². The molecule has 3 aromatic rings. The van der Waals surface area contributed by atoms with E-state index < -0.39 is 0 Å². The number of rotatable bonds is 7. The number of fused-ring (bicyclic) bond motifs is 1. The lowest BCUT2D eigenvalue weighted by molar-refractivity contribution is 0.102. The maximum atomic E-state index is 12.8. The van der Waals surface area contributed by atoms with E-state index in [2.05, 4.69) is 38.8 Å². The smallest absolute Gasteiger partial charge is 0.255 e. The molecule has 1 aromatic heterocycles. The summed E-state index contributed by atoms with van der Waals surface area (Å²) in [6, 6.07) is 13.3. The number of benzene rings is 2. The van der Waals surface area contributed by atoms with Crippen LogP contribution in [0.3, 0.4) is 0 Å². The average molecular weight is 452 g/mol. The molecule has 7 heteroatoms. The Morgan fingerprint density at radius 1 is 1.06 bits per heavy atom. The van der Waals surface area contributed by atoms with Crippen LogP contribution in [0.1, 0.15) is 54.9 Å². The molecule has 0 atom stereocenters. The molecule has 0 bridgehead atoms. The Bertz CT molecular complexity index is 1070. The fourth-order valence-corrected chi connectivity index (χ4v) is 4.33. The first-order valence-electron chi connectivity index (χ1n) is 11.4.